The summed E-state index contributed by atoms with van der Waals surface area (Å²) in [5, 5.41) is 2.95. The number of aryl methyl sites for hydroxylation is 1. The Kier molecular flexibility index (Phi) is 3.88. The summed E-state index contributed by atoms with van der Waals surface area (Å²) >= 11 is 0. The van der Waals surface area contributed by atoms with Crippen LogP contribution in [0.15, 0.2) is 47.4 Å². The van der Waals surface area contributed by atoms with Crippen LogP contribution < -0.4 is 5.32 Å². The predicted molar refractivity (Wildman–Crippen MR) is 90.5 cm³/mol. The molecule has 0 aliphatic carbocycles. The number of aromatic amines is 1. The summed E-state index contributed by atoms with van der Waals surface area (Å²) in [6.07, 6.45) is 1.09. The second kappa shape index (κ2) is 5.76. The molecule has 0 atom stereocenters. The number of hydrogen-bond donors (Lipinski definition) is 2. The van der Waals surface area contributed by atoms with E-state index in [9.17, 15) is 17.6 Å². The molecule has 1 aromatic heterocycles. The Morgan fingerprint density at radius 3 is 2.58 bits per heavy atom. The number of halogens is 1. The molecule has 2 N–H and O–H groups in total. The third kappa shape index (κ3) is 3.03. The van der Waals surface area contributed by atoms with Crippen molar-refractivity contribution in [2.75, 3.05) is 11.6 Å². The van der Waals surface area contributed by atoms with Gasteiger partial charge in [-0.15, -0.1) is 0 Å². The highest BCUT2D eigenvalue weighted by Gasteiger charge is 2.14. The molecule has 0 saturated carbocycles. The lowest BCUT2D eigenvalue weighted by molar-refractivity contribution is 0.102. The largest absolute Gasteiger partial charge is 0.350 e. The Balaban J connectivity index is 1.94. The van der Waals surface area contributed by atoms with Gasteiger partial charge in [-0.05, 0) is 42.8 Å². The Labute approximate surface area is 138 Å². The first-order valence-corrected chi connectivity index (χ1v) is 9.04. The fourth-order valence-corrected chi connectivity index (χ4v) is 3.12. The number of carbonyl (C=O) groups excluding carboxylic acids is 1. The minimum absolute atomic E-state index is 0.110. The molecular weight excluding hydrogens is 331 g/mol. The maximum atomic E-state index is 13.8. The van der Waals surface area contributed by atoms with Crippen molar-refractivity contribution in [2.24, 2.45) is 0 Å². The Hall–Kier alpha value is -2.67. The molecule has 7 heteroatoms. The van der Waals surface area contributed by atoms with Crippen molar-refractivity contribution in [3.05, 3.63) is 59.5 Å². The van der Waals surface area contributed by atoms with Gasteiger partial charge in [0.15, 0.2) is 9.84 Å². The van der Waals surface area contributed by atoms with Crippen LogP contribution in [0.3, 0.4) is 0 Å². The van der Waals surface area contributed by atoms with E-state index in [1.807, 2.05) is 6.92 Å². The molecule has 2 aromatic carbocycles. The molecular formula is C17H15FN2O3S. The van der Waals surface area contributed by atoms with Crippen LogP contribution in [0.25, 0.3) is 10.9 Å². The van der Waals surface area contributed by atoms with E-state index in [0.29, 0.717) is 16.6 Å². The van der Waals surface area contributed by atoms with Crippen molar-refractivity contribution >= 4 is 32.3 Å². The second-order valence-electron chi connectivity index (χ2n) is 5.59. The van der Waals surface area contributed by atoms with Gasteiger partial charge in [-0.1, -0.05) is 12.1 Å². The fourth-order valence-electron chi connectivity index (χ4n) is 2.45. The molecule has 24 heavy (non-hydrogen) atoms. The lowest BCUT2D eigenvalue weighted by Gasteiger charge is -2.05. The van der Waals surface area contributed by atoms with Gasteiger partial charge >= 0.3 is 0 Å². The van der Waals surface area contributed by atoms with Crippen LogP contribution >= 0.6 is 0 Å². The Bertz CT molecular complexity index is 1020. The molecule has 0 fully saturated rings. The van der Waals surface area contributed by atoms with Crippen LogP contribution in [0.2, 0.25) is 0 Å². The van der Waals surface area contributed by atoms with Gasteiger partial charge in [-0.2, -0.15) is 0 Å². The van der Waals surface area contributed by atoms with Gasteiger partial charge in [0.05, 0.1) is 10.4 Å². The van der Waals surface area contributed by atoms with Crippen molar-refractivity contribution in [3.63, 3.8) is 0 Å². The standard InChI is InChI=1S/C17H15FN2O3S/c1-10-6-7-14(18)13-9-15(20-16(10)13)17(21)19-11-4-3-5-12(8-11)24(2,22)23/h3-9,20H,1-2H3,(H,19,21). The van der Waals surface area contributed by atoms with Crippen molar-refractivity contribution < 1.29 is 17.6 Å². The molecule has 124 valence electrons. The van der Waals surface area contributed by atoms with Gasteiger partial charge in [-0.25, -0.2) is 12.8 Å². The van der Waals surface area contributed by atoms with E-state index < -0.39 is 21.6 Å². The zero-order valence-corrected chi connectivity index (χ0v) is 13.9. The van der Waals surface area contributed by atoms with Crippen LogP contribution in [0.4, 0.5) is 10.1 Å². The molecule has 0 unspecified atom stereocenters. The Morgan fingerprint density at radius 2 is 1.92 bits per heavy atom. The molecule has 0 spiro atoms. The first-order chi connectivity index (χ1) is 11.3. The van der Waals surface area contributed by atoms with Crippen molar-refractivity contribution in [1.82, 2.24) is 4.98 Å². The number of fused-ring (bicyclic) bond motifs is 1. The molecule has 3 aromatic rings. The molecule has 1 heterocycles. The van der Waals surface area contributed by atoms with Crippen LogP contribution in [0.1, 0.15) is 16.1 Å². The summed E-state index contributed by atoms with van der Waals surface area (Å²) in [6, 6.07) is 10.4. The second-order valence-corrected chi connectivity index (χ2v) is 7.61. The van der Waals surface area contributed by atoms with E-state index in [0.717, 1.165) is 11.8 Å². The molecule has 3 rings (SSSR count). The lowest BCUT2D eigenvalue weighted by atomic mass is 10.1. The summed E-state index contributed by atoms with van der Waals surface area (Å²) in [7, 11) is -3.37. The van der Waals surface area contributed by atoms with Gasteiger partial charge in [0.25, 0.3) is 5.91 Å². The van der Waals surface area contributed by atoms with Gasteiger partial charge in [0.1, 0.15) is 11.5 Å². The fraction of sp³-hybridized carbons (Fsp3) is 0.118. The number of amides is 1. The number of rotatable bonds is 3. The van der Waals surface area contributed by atoms with Gasteiger partial charge in [-0.3, -0.25) is 4.79 Å². The number of sulfone groups is 1. The summed E-state index contributed by atoms with van der Waals surface area (Å²) in [5.74, 6) is -0.888. The maximum absolute atomic E-state index is 13.8. The topological polar surface area (TPSA) is 79.0 Å². The highest BCUT2D eigenvalue weighted by Crippen LogP contribution is 2.23. The van der Waals surface area contributed by atoms with Crippen molar-refractivity contribution in [3.8, 4) is 0 Å². The zero-order valence-electron chi connectivity index (χ0n) is 13.1. The van der Waals surface area contributed by atoms with Gasteiger partial charge < -0.3 is 10.3 Å². The molecule has 1 amide bonds. The third-order valence-electron chi connectivity index (χ3n) is 3.71. The highest BCUT2D eigenvalue weighted by molar-refractivity contribution is 7.90. The predicted octanol–water partition coefficient (Wildman–Crippen LogP) is 3.27. The molecule has 0 aliphatic heterocycles. The smallest absolute Gasteiger partial charge is 0.272 e. The van der Waals surface area contributed by atoms with E-state index in [-0.39, 0.29) is 10.6 Å². The van der Waals surface area contributed by atoms with E-state index in [2.05, 4.69) is 10.3 Å². The Morgan fingerprint density at radius 1 is 1.17 bits per heavy atom. The normalized spacial score (nSPS) is 11.6. The SMILES string of the molecule is Cc1ccc(F)c2cc(C(=O)Nc3cccc(S(C)(=O)=O)c3)[nH]c12. The van der Waals surface area contributed by atoms with Crippen LogP contribution in [-0.2, 0) is 9.84 Å². The number of carbonyl (C=O) groups is 1. The number of H-pyrrole nitrogens is 1. The number of benzene rings is 2. The number of anilines is 1. The number of hydrogen-bond acceptors (Lipinski definition) is 3. The minimum atomic E-state index is -3.37. The first kappa shape index (κ1) is 16.2. The van der Waals surface area contributed by atoms with E-state index in [4.69, 9.17) is 0 Å². The lowest BCUT2D eigenvalue weighted by Crippen LogP contribution is -2.12. The summed E-state index contributed by atoms with van der Waals surface area (Å²) in [4.78, 5) is 15.4. The molecule has 0 radical (unpaired) electrons. The average Bonchev–Trinajstić information content (AvgIpc) is 2.97. The summed E-state index contributed by atoms with van der Waals surface area (Å²) in [6.45, 7) is 1.82. The first-order valence-electron chi connectivity index (χ1n) is 7.15. The quantitative estimate of drug-likeness (QED) is 0.764. The highest BCUT2D eigenvalue weighted by atomic mass is 32.2. The zero-order chi connectivity index (χ0) is 17.5. The van der Waals surface area contributed by atoms with E-state index >= 15 is 0 Å². The van der Waals surface area contributed by atoms with Gasteiger partial charge in [0.2, 0.25) is 0 Å². The van der Waals surface area contributed by atoms with Crippen LogP contribution in [0, 0.1) is 12.7 Å². The number of nitrogens with one attached hydrogen (secondary N) is 2. The minimum Gasteiger partial charge on any atom is -0.350 e. The van der Waals surface area contributed by atoms with Gasteiger partial charge in [0, 0.05) is 17.3 Å². The number of aromatic nitrogens is 1. The molecule has 0 saturated heterocycles. The maximum Gasteiger partial charge on any atom is 0.272 e. The average molecular weight is 346 g/mol. The molecule has 5 nitrogen and oxygen atoms in total. The summed E-state index contributed by atoms with van der Waals surface area (Å²) in [5.41, 5.74) is 1.93. The van der Waals surface area contributed by atoms with Crippen LogP contribution in [-0.4, -0.2) is 25.6 Å². The van der Waals surface area contributed by atoms with Crippen molar-refractivity contribution in [2.45, 2.75) is 11.8 Å². The van der Waals surface area contributed by atoms with Crippen LogP contribution in [0.5, 0.6) is 0 Å². The van der Waals surface area contributed by atoms with E-state index in [1.165, 1.54) is 24.3 Å². The van der Waals surface area contributed by atoms with Crippen molar-refractivity contribution in [1.29, 1.82) is 0 Å². The monoisotopic (exact) mass is 346 g/mol. The molecule has 0 bridgehead atoms. The third-order valence-corrected chi connectivity index (χ3v) is 4.82. The van der Waals surface area contributed by atoms with E-state index in [1.54, 1.807) is 18.2 Å². The molecule has 0 aliphatic rings. The summed E-state index contributed by atoms with van der Waals surface area (Å²) < 4.78 is 37.0.